The molecule has 21 heavy (non-hydrogen) atoms. The third-order valence-electron chi connectivity index (χ3n) is 2.95. The normalized spacial score (nSPS) is 15.0. The fourth-order valence-electron chi connectivity index (χ4n) is 1.98. The van der Waals surface area contributed by atoms with Crippen LogP contribution in [-0.2, 0) is 9.47 Å². The Morgan fingerprint density at radius 1 is 1.24 bits per heavy atom. The second-order valence-corrected chi connectivity index (χ2v) is 4.46. The van der Waals surface area contributed by atoms with Gasteiger partial charge in [0.05, 0.1) is 13.2 Å². The van der Waals surface area contributed by atoms with Crippen LogP contribution in [-0.4, -0.2) is 29.3 Å². The molecule has 0 unspecified atom stereocenters. The van der Waals surface area contributed by atoms with Crippen LogP contribution in [0.4, 0.5) is 5.69 Å². The van der Waals surface area contributed by atoms with Crippen molar-refractivity contribution >= 4 is 11.6 Å². The molecule has 0 radical (unpaired) electrons. The van der Waals surface area contributed by atoms with Gasteiger partial charge < -0.3 is 14.8 Å². The Morgan fingerprint density at radius 2 is 2.05 bits per heavy atom. The Hall–Kier alpha value is -2.51. The van der Waals surface area contributed by atoms with Gasteiger partial charge in [-0.25, -0.2) is 5.10 Å². The topological polar surface area (TPSA) is 93.3 Å². The fraction of sp³-hybridized carbons (Fsp3) is 0.214. The zero-order valence-electron chi connectivity index (χ0n) is 11.0. The molecule has 0 aliphatic carbocycles. The Bertz CT molecular complexity index is 687. The van der Waals surface area contributed by atoms with Crippen LogP contribution < -0.4 is 10.9 Å². The highest BCUT2D eigenvalue weighted by Crippen LogP contribution is 2.25. The van der Waals surface area contributed by atoms with E-state index >= 15 is 0 Å². The smallest absolute Gasteiger partial charge is 0.276 e. The summed E-state index contributed by atoms with van der Waals surface area (Å²) in [5, 5.41) is 8.60. The molecular formula is C14H13N3O4. The highest BCUT2D eigenvalue weighted by atomic mass is 16.7. The first-order valence-electron chi connectivity index (χ1n) is 6.42. The van der Waals surface area contributed by atoms with Gasteiger partial charge in [0.15, 0.2) is 6.29 Å². The Balaban J connectivity index is 1.75. The van der Waals surface area contributed by atoms with E-state index in [1.807, 2.05) is 6.07 Å². The number of amides is 1. The van der Waals surface area contributed by atoms with E-state index in [9.17, 15) is 9.59 Å². The quantitative estimate of drug-likeness (QED) is 0.880. The van der Waals surface area contributed by atoms with Crippen molar-refractivity contribution in [2.45, 2.75) is 6.29 Å². The zero-order chi connectivity index (χ0) is 14.7. The maximum atomic E-state index is 12.0. The monoisotopic (exact) mass is 287 g/mol. The summed E-state index contributed by atoms with van der Waals surface area (Å²) in [7, 11) is 0. The fourth-order valence-corrected chi connectivity index (χ4v) is 1.98. The summed E-state index contributed by atoms with van der Waals surface area (Å²) in [6.07, 6.45) is -0.395. The van der Waals surface area contributed by atoms with Crippen LogP contribution in [0, 0.1) is 0 Å². The van der Waals surface area contributed by atoms with Crippen LogP contribution >= 0.6 is 0 Å². The molecule has 1 amide bonds. The highest BCUT2D eigenvalue weighted by Gasteiger charge is 2.18. The summed E-state index contributed by atoms with van der Waals surface area (Å²) in [6, 6.07) is 9.81. The van der Waals surface area contributed by atoms with Crippen molar-refractivity contribution < 1.29 is 14.3 Å². The Labute approximate surface area is 119 Å². The lowest BCUT2D eigenvalue weighted by atomic mass is 10.2. The first-order valence-corrected chi connectivity index (χ1v) is 6.42. The number of rotatable bonds is 3. The van der Waals surface area contributed by atoms with Crippen LogP contribution in [0.3, 0.4) is 0 Å². The standard InChI is InChI=1S/C14H13N3O4/c18-12-5-4-11(16-17-12)13(19)15-10-3-1-2-9(8-10)14-20-6-7-21-14/h1-5,8,14H,6-7H2,(H,15,19)(H,17,18). The molecule has 0 saturated carbocycles. The van der Waals surface area contributed by atoms with Crippen molar-refractivity contribution in [1.29, 1.82) is 0 Å². The summed E-state index contributed by atoms with van der Waals surface area (Å²) in [4.78, 5) is 22.9. The molecule has 1 saturated heterocycles. The molecule has 0 spiro atoms. The predicted octanol–water partition coefficient (Wildman–Crippen LogP) is 1.07. The number of ether oxygens (including phenoxy) is 2. The van der Waals surface area contributed by atoms with Gasteiger partial charge in [0.2, 0.25) is 0 Å². The number of aromatic amines is 1. The summed E-state index contributed by atoms with van der Waals surface area (Å²) in [5.41, 5.74) is 1.21. The number of nitrogens with one attached hydrogen (secondary N) is 2. The number of nitrogens with zero attached hydrogens (tertiary/aromatic N) is 1. The van der Waals surface area contributed by atoms with Crippen LogP contribution in [0.2, 0.25) is 0 Å². The van der Waals surface area contributed by atoms with E-state index in [0.29, 0.717) is 18.9 Å². The average Bonchev–Trinajstić information content (AvgIpc) is 3.02. The van der Waals surface area contributed by atoms with Crippen molar-refractivity contribution in [3.8, 4) is 0 Å². The number of hydrogen-bond donors (Lipinski definition) is 2. The summed E-state index contributed by atoms with van der Waals surface area (Å²) < 4.78 is 10.8. The van der Waals surface area contributed by atoms with Crippen molar-refractivity contribution in [3.63, 3.8) is 0 Å². The number of H-pyrrole nitrogens is 1. The van der Waals surface area contributed by atoms with Gasteiger partial charge in [-0.3, -0.25) is 9.59 Å². The van der Waals surface area contributed by atoms with Gasteiger partial charge >= 0.3 is 0 Å². The van der Waals surface area contributed by atoms with Crippen LogP contribution in [0.25, 0.3) is 0 Å². The Morgan fingerprint density at radius 3 is 2.76 bits per heavy atom. The minimum absolute atomic E-state index is 0.133. The van der Waals surface area contributed by atoms with Gasteiger partial charge in [0, 0.05) is 17.3 Å². The van der Waals surface area contributed by atoms with Gasteiger partial charge in [-0.1, -0.05) is 12.1 Å². The molecule has 3 rings (SSSR count). The second kappa shape index (κ2) is 5.86. The van der Waals surface area contributed by atoms with Gasteiger partial charge in [-0.05, 0) is 18.2 Å². The maximum Gasteiger partial charge on any atom is 0.276 e. The first kappa shape index (κ1) is 13.5. The van der Waals surface area contributed by atoms with Crippen molar-refractivity contribution in [2.24, 2.45) is 0 Å². The van der Waals surface area contributed by atoms with E-state index in [-0.39, 0.29) is 11.3 Å². The second-order valence-electron chi connectivity index (χ2n) is 4.46. The van der Waals surface area contributed by atoms with Gasteiger partial charge in [-0.2, -0.15) is 5.10 Å². The molecule has 7 heteroatoms. The van der Waals surface area contributed by atoms with Crippen molar-refractivity contribution in [1.82, 2.24) is 10.2 Å². The molecule has 1 aromatic heterocycles. The number of hydrogen-bond acceptors (Lipinski definition) is 5. The van der Waals surface area contributed by atoms with E-state index in [4.69, 9.17) is 9.47 Å². The summed E-state index contributed by atoms with van der Waals surface area (Å²) >= 11 is 0. The SMILES string of the molecule is O=C(Nc1cccc(C2OCCO2)c1)c1ccc(=O)[nH]n1. The highest BCUT2D eigenvalue weighted by molar-refractivity contribution is 6.02. The van der Waals surface area contributed by atoms with E-state index in [2.05, 4.69) is 15.5 Å². The van der Waals surface area contributed by atoms with Gasteiger partial charge in [-0.15, -0.1) is 0 Å². The lowest BCUT2D eigenvalue weighted by molar-refractivity contribution is -0.0440. The summed E-state index contributed by atoms with van der Waals surface area (Å²) in [5.74, 6) is -0.406. The number of carbonyl (C=O) groups is 1. The molecule has 1 aliphatic rings. The first-order chi connectivity index (χ1) is 10.2. The van der Waals surface area contributed by atoms with Crippen LogP contribution in [0.1, 0.15) is 22.3 Å². The van der Waals surface area contributed by atoms with Crippen molar-refractivity contribution in [3.05, 3.63) is 58.0 Å². The molecule has 2 aromatic rings. The Kier molecular flexibility index (Phi) is 3.76. The number of aromatic nitrogens is 2. The number of benzene rings is 1. The molecule has 1 fully saturated rings. The molecule has 2 heterocycles. The maximum absolute atomic E-state index is 12.0. The lowest BCUT2D eigenvalue weighted by Crippen LogP contribution is -2.17. The molecule has 0 atom stereocenters. The van der Waals surface area contributed by atoms with Gasteiger partial charge in [0.1, 0.15) is 5.69 Å². The van der Waals surface area contributed by atoms with Crippen LogP contribution in [0.5, 0.6) is 0 Å². The lowest BCUT2D eigenvalue weighted by Gasteiger charge is -2.11. The number of carbonyl (C=O) groups excluding carboxylic acids is 1. The van der Waals surface area contributed by atoms with Crippen molar-refractivity contribution in [2.75, 3.05) is 18.5 Å². The van der Waals surface area contributed by atoms with Gasteiger partial charge in [0.25, 0.3) is 11.5 Å². The minimum atomic E-state index is -0.406. The largest absolute Gasteiger partial charge is 0.346 e. The molecule has 108 valence electrons. The average molecular weight is 287 g/mol. The molecule has 7 nitrogen and oxygen atoms in total. The van der Waals surface area contributed by atoms with E-state index < -0.39 is 12.2 Å². The van der Waals surface area contributed by atoms with Crippen LogP contribution in [0.15, 0.2) is 41.2 Å². The third kappa shape index (κ3) is 3.15. The van der Waals surface area contributed by atoms with E-state index in [1.54, 1.807) is 18.2 Å². The molecule has 2 N–H and O–H groups in total. The third-order valence-corrected chi connectivity index (χ3v) is 2.95. The molecule has 0 bridgehead atoms. The molecule has 1 aliphatic heterocycles. The zero-order valence-corrected chi connectivity index (χ0v) is 11.0. The van der Waals surface area contributed by atoms with E-state index in [0.717, 1.165) is 5.56 Å². The molecular weight excluding hydrogens is 274 g/mol. The van der Waals surface area contributed by atoms with E-state index in [1.165, 1.54) is 12.1 Å². The minimum Gasteiger partial charge on any atom is -0.346 e. The number of anilines is 1. The molecule has 1 aromatic carbocycles. The predicted molar refractivity (Wildman–Crippen MR) is 73.9 cm³/mol. The summed E-state index contributed by atoms with van der Waals surface area (Å²) in [6.45, 7) is 1.12.